The Morgan fingerprint density at radius 3 is 2.61 bits per heavy atom. The van der Waals surface area contributed by atoms with E-state index in [1.165, 1.54) is 11.0 Å². The molecule has 1 aliphatic heterocycles. The van der Waals surface area contributed by atoms with Crippen LogP contribution in [0.25, 0.3) is 0 Å². The molecule has 0 saturated carbocycles. The lowest BCUT2D eigenvalue weighted by Crippen LogP contribution is -2.41. The quantitative estimate of drug-likeness (QED) is 0.766. The number of halogens is 1. The number of carbonyl (C=O) groups is 1. The molecule has 1 aliphatic rings. The zero-order valence-electron chi connectivity index (χ0n) is 13.3. The number of sulfone groups is 1. The van der Waals surface area contributed by atoms with Crippen LogP contribution in [0.15, 0.2) is 30.9 Å². The van der Waals surface area contributed by atoms with Crippen LogP contribution in [0.2, 0.25) is 0 Å². The number of hydrogen-bond acceptors (Lipinski definition) is 4. The predicted octanol–water partition coefficient (Wildman–Crippen LogP) is 1.71. The molecule has 0 aliphatic carbocycles. The zero-order chi connectivity index (χ0) is 17.2. The van der Waals surface area contributed by atoms with Gasteiger partial charge < -0.3 is 9.80 Å². The standard InChI is InChI=1S/C16H21FN2O3S/c1-4-8-19(13-7-9-23(21,22)11-13)16(20)12-5-6-15(18(2)3)14(17)10-12/h4-6,10,13H,1,7-9,11H2,2-3H3/t13-/m0/s1. The second kappa shape index (κ2) is 6.70. The third-order valence-electron chi connectivity index (χ3n) is 3.91. The Bertz CT molecular complexity index is 716. The van der Waals surface area contributed by atoms with E-state index >= 15 is 0 Å². The van der Waals surface area contributed by atoms with Crippen LogP contribution in [0.5, 0.6) is 0 Å². The fraction of sp³-hybridized carbons (Fsp3) is 0.438. The van der Waals surface area contributed by atoms with Crippen molar-refractivity contribution in [3.63, 3.8) is 0 Å². The first-order valence-electron chi connectivity index (χ1n) is 7.34. The Hall–Kier alpha value is -1.89. The minimum Gasteiger partial charge on any atom is -0.375 e. The highest BCUT2D eigenvalue weighted by atomic mass is 32.2. The number of carbonyl (C=O) groups excluding carboxylic acids is 1. The third-order valence-corrected chi connectivity index (χ3v) is 5.66. The van der Waals surface area contributed by atoms with Gasteiger partial charge in [-0.25, -0.2) is 12.8 Å². The Labute approximate surface area is 136 Å². The predicted molar refractivity (Wildman–Crippen MR) is 89.0 cm³/mol. The first-order valence-corrected chi connectivity index (χ1v) is 9.16. The van der Waals surface area contributed by atoms with Gasteiger partial charge >= 0.3 is 0 Å². The number of rotatable bonds is 5. The van der Waals surface area contributed by atoms with Gasteiger partial charge in [0, 0.05) is 32.2 Å². The normalized spacial score (nSPS) is 19.3. The molecule has 0 spiro atoms. The zero-order valence-corrected chi connectivity index (χ0v) is 14.1. The van der Waals surface area contributed by atoms with Gasteiger partial charge in [0.2, 0.25) is 0 Å². The van der Waals surface area contributed by atoms with Gasteiger partial charge in [-0.05, 0) is 24.6 Å². The van der Waals surface area contributed by atoms with Crippen molar-refractivity contribution < 1.29 is 17.6 Å². The van der Waals surface area contributed by atoms with Crippen molar-refractivity contribution in [1.29, 1.82) is 0 Å². The van der Waals surface area contributed by atoms with Gasteiger partial charge in [-0.3, -0.25) is 4.79 Å². The molecule has 7 heteroatoms. The van der Waals surface area contributed by atoms with Gasteiger partial charge in [0.1, 0.15) is 5.82 Å². The topological polar surface area (TPSA) is 57.7 Å². The summed E-state index contributed by atoms with van der Waals surface area (Å²) in [6, 6.07) is 3.90. The average Bonchev–Trinajstić information content (AvgIpc) is 2.83. The average molecular weight is 340 g/mol. The number of anilines is 1. The summed E-state index contributed by atoms with van der Waals surface area (Å²) in [6.45, 7) is 3.85. The number of benzene rings is 1. The van der Waals surface area contributed by atoms with Crippen molar-refractivity contribution in [3.05, 3.63) is 42.2 Å². The van der Waals surface area contributed by atoms with Crippen LogP contribution < -0.4 is 4.90 Å². The monoisotopic (exact) mass is 340 g/mol. The first kappa shape index (κ1) is 17.5. The van der Waals surface area contributed by atoms with Crippen LogP contribution in [-0.4, -0.2) is 57.4 Å². The van der Waals surface area contributed by atoms with Crippen LogP contribution >= 0.6 is 0 Å². The van der Waals surface area contributed by atoms with Crippen LogP contribution in [0.1, 0.15) is 16.8 Å². The molecule has 0 unspecified atom stereocenters. The molecule has 1 amide bonds. The first-order chi connectivity index (χ1) is 10.7. The van der Waals surface area contributed by atoms with Gasteiger partial charge in [0.15, 0.2) is 9.84 Å². The van der Waals surface area contributed by atoms with Gasteiger partial charge in [0.25, 0.3) is 5.91 Å². The molecule has 1 atom stereocenters. The Kier molecular flexibility index (Phi) is 5.09. The minimum absolute atomic E-state index is 0.0508. The highest BCUT2D eigenvalue weighted by molar-refractivity contribution is 7.91. The van der Waals surface area contributed by atoms with Crippen LogP contribution in [0.3, 0.4) is 0 Å². The van der Waals surface area contributed by atoms with E-state index in [0.717, 1.165) is 0 Å². The van der Waals surface area contributed by atoms with E-state index in [-0.39, 0.29) is 35.6 Å². The van der Waals surface area contributed by atoms with Crippen molar-refractivity contribution in [2.75, 3.05) is 37.0 Å². The van der Waals surface area contributed by atoms with Crippen LogP contribution in [0, 0.1) is 5.82 Å². The summed E-state index contributed by atoms with van der Waals surface area (Å²) < 4.78 is 37.4. The van der Waals surface area contributed by atoms with Crippen molar-refractivity contribution in [3.8, 4) is 0 Å². The lowest BCUT2D eigenvalue weighted by Gasteiger charge is -2.27. The second-order valence-corrected chi connectivity index (χ2v) is 8.09. The summed E-state index contributed by atoms with van der Waals surface area (Å²) in [4.78, 5) is 15.7. The highest BCUT2D eigenvalue weighted by Crippen LogP contribution is 2.23. The molecule has 126 valence electrons. The molecular formula is C16H21FN2O3S. The van der Waals surface area contributed by atoms with Gasteiger partial charge in [-0.1, -0.05) is 6.08 Å². The molecule has 1 heterocycles. The Balaban J connectivity index is 2.28. The fourth-order valence-corrected chi connectivity index (χ4v) is 4.46. The molecule has 1 saturated heterocycles. The summed E-state index contributed by atoms with van der Waals surface area (Å²) in [5.74, 6) is -0.841. The van der Waals surface area contributed by atoms with E-state index in [9.17, 15) is 17.6 Å². The van der Waals surface area contributed by atoms with E-state index in [1.54, 1.807) is 37.2 Å². The molecule has 5 nitrogen and oxygen atoms in total. The molecule has 0 bridgehead atoms. The van der Waals surface area contributed by atoms with Crippen molar-refractivity contribution >= 4 is 21.4 Å². The molecule has 1 aromatic carbocycles. The SMILES string of the molecule is C=CCN(C(=O)c1ccc(N(C)C)c(F)c1)[C@H]1CCS(=O)(=O)C1. The number of amides is 1. The molecule has 1 fully saturated rings. The lowest BCUT2D eigenvalue weighted by atomic mass is 10.1. The molecule has 1 aromatic rings. The number of nitrogens with zero attached hydrogens (tertiary/aromatic N) is 2. The van der Waals surface area contributed by atoms with E-state index in [4.69, 9.17) is 0 Å². The molecule has 2 rings (SSSR count). The highest BCUT2D eigenvalue weighted by Gasteiger charge is 2.34. The second-order valence-electron chi connectivity index (χ2n) is 5.86. The van der Waals surface area contributed by atoms with E-state index in [0.29, 0.717) is 12.1 Å². The lowest BCUT2D eigenvalue weighted by molar-refractivity contribution is 0.0720. The summed E-state index contributed by atoms with van der Waals surface area (Å²) >= 11 is 0. The Morgan fingerprint density at radius 1 is 1.43 bits per heavy atom. The minimum atomic E-state index is -3.11. The van der Waals surface area contributed by atoms with Gasteiger partial charge in [-0.15, -0.1) is 6.58 Å². The molecule has 0 N–H and O–H groups in total. The third kappa shape index (κ3) is 3.90. The molecule has 0 aromatic heterocycles. The maximum Gasteiger partial charge on any atom is 0.254 e. The van der Waals surface area contributed by atoms with Crippen molar-refractivity contribution in [1.82, 2.24) is 4.90 Å². The van der Waals surface area contributed by atoms with Crippen molar-refractivity contribution in [2.24, 2.45) is 0 Å². The number of hydrogen-bond donors (Lipinski definition) is 0. The molecule has 0 radical (unpaired) electrons. The molecular weight excluding hydrogens is 319 g/mol. The van der Waals surface area contributed by atoms with Gasteiger partial charge in [0.05, 0.1) is 17.2 Å². The smallest absolute Gasteiger partial charge is 0.254 e. The Morgan fingerprint density at radius 2 is 2.13 bits per heavy atom. The summed E-state index contributed by atoms with van der Waals surface area (Å²) in [6.07, 6.45) is 1.95. The van der Waals surface area contributed by atoms with E-state index < -0.39 is 15.7 Å². The van der Waals surface area contributed by atoms with Crippen molar-refractivity contribution in [2.45, 2.75) is 12.5 Å². The summed E-state index contributed by atoms with van der Waals surface area (Å²) in [7, 11) is 0.322. The van der Waals surface area contributed by atoms with Gasteiger partial charge in [-0.2, -0.15) is 0 Å². The van der Waals surface area contributed by atoms with Crippen LogP contribution in [0.4, 0.5) is 10.1 Å². The molecule has 23 heavy (non-hydrogen) atoms. The fourth-order valence-electron chi connectivity index (χ4n) is 2.73. The van der Waals surface area contributed by atoms with Crippen LogP contribution in [-0.2, 0) is 9.84 Å². The summed E-state index contributed by atoms with van der Waals surface area (Å²) in [5, 5.41) is 0. The largest absolute Gasteiger partial charge is 0.375 e. The summed E-state index contributed by atoms with van der Waals surface area (Å²) in [5.41, 5.74) is 0.597. The maximum atomic E-state index is 14.1. The van der Waals surface area contributed by atoms with E-state index in [2.05, 4.69) is 6.58 Å². The maximum absolute atomic E-state index is 14.1. The van der Waals surface area contributed by atoms with E-state index in [1.807, 2.05) is 0 Å².